The molecule has 4 aromatic rings. The lowest BCUT2D eigenvalue weighted by molar-refractivity contribution is -0.361. The Hall–Kier alpha value is -2.57. The van der Waals surface area contributed by atoms with Crippen LogP contribution in [0.4, 0.5) is 5.82 Å². The molecule has 2 N–H and O–H groups in total. The number of aromatic nitrogens is 4. The minimum atomic E-state index is -0.100. The summed E-state index contributed by atoms with van der Waals surface area (Å²) in [6.45, 7) is 2.18. The maximum Gasteiger partial charge on any atom is 0.273 e. The molecule has 0 saturated carbocycles. The van der Waals surface area contributed by atoms with Gasteiger partial charge in [-0.05, 0) is 49.4 Å². The van der Waals surface area contributed by atoms with Gasteiger partial charge in [-0.3, -0.25) is 5.32 Å². The summed E-state index contributed by atoms with van der Waals surface area (Å²) in [7, 11) is 0. The number of hydrogen-bond acceptors (Lipinski definition) is 4. The second-order valence-corrected chi connectivity index (χ2v) is 8.05. The molecule has 0 unspecified atom stereocenters. The summed E-state index contributed by atoms with van der Waals surface area (Å²) >= 11 is 7.78. The van der Waals surface area contributed by atoms with Crippen LogP contribution in [0.5, 0.6) is 0 Å². The van der Waals surface area contributed by atoms with Gasteiger partial charge in [0.1, 0.15) is 5.52 Å². The van der Waals surface area contributed by atoms with Crippen molar-refractivity contribution in [1.82, 2.24) is 15.0 Å². The van der Waals surface area contributed by atoms with E-state index in [0.717, 1.165) is 26.8 Å². The molecule has 136 valence electrons. The van der Waals surface area contributed by atoms with E-state index in [9.17, 15) is 0 Å². The summed E-state index contributed by atoms with van der Waals surface area (Å²) < 4.78 is 1.95. The third-order valence-corrected chi connectivity index (χ3v) is 5.66. The first-order chi connectivity index (χ1) is 13.2. The normalized spacial score (nSPS) is 13.4. The smallest absolute Gasteiger partial charge is 0.251 e. The average molecular weight is 397 g/mol. The van der Waals surface area contributed by atoms with E-state index in [-0.39, 0.29) is 11.4 Å². The molecule has 27 heavy (non-hydrogen) atoms. The lowest BCUT2D eigenvalue weighted by Crippen LogP contribution is -2.30. The number of halogens is 1. The Morgan fingerprint density at radius 1 is 1.04 bits per heavy atom. The van der Waals surface area contributed by atoms with Crippen molar-refractivity contribution < 1.29 is 4.98 Å². The van der Waals surface area contributed by atoms with Crippen LogP contribution in [0.2, 0.25) is 5.02 Å². The largest absolute Gasteiger partial charge is 0.273 e. The number of hydrogen-bond donors (Lipinski definition) is 1. The third-order valence-electron chi connectivity index (χ3n) is 4.23. The second-order valence-electron chi connectivity index (χ2n) is 6.17. The van der Waals surface area contributed by atoms with Crippen LogP contribution in [0, 0.1) is 0 Å². The van der Waals surface area contributed by atoms with Crippen molar-refractivity contribution in [3.63, 3.8) is 0 Å². The van der Waals surface area contributed by atoms with E-state index in [2.05, 4.69) is 27.5 Å². The van der Waals surface area contributed by atoms with Crippen molar-refractivity contribution >= 4 is 40.2 Å². The predicted octanol–water partition coefficient (Wildman–Crippen LogP) is 4.69. The lowest BCUT2D eigenvalue weighted by Gasteiger charge is -2.21. The Balaban J connectivity index is 1.67. The highest BCUT2D eigenvalue weighted by atomic mass is 35.5. The molecule has 0 radical (unpaired) electrons. The van der Waals surface area contributed by atoms with E-state index < -0.39 is 0 Å². The number of nitrogens with zero attached hydrogens (tertiary/aromatic N) is 3. The van der Waals surface area contributed by atoms with Gasteiger partial charge in [-0.15, -0.1) is 16.9 Å². The summed E-state index contributed by atoms with van der Waals surface area (Å²) in [5.74, 6) is 0.922. The van der Waals surface area contributed by atoms with Gasteiger partial charge < -0.3 is 0 Å². The zero-order chi connectivity index (χ0) is 18.6. The van der Waals surface area contributed by atoms with Crippen LogP contribution in [0.25, 0.3) is 11.0 Å². The molecule has 2 atom stereocenters. The maximum atomic E-state index is 6.02. The number of nitrogens with one attached hydrogen (secondary N) is 2. The standard InChI is InChI=1S/C20H18ClN5S/c1-14(27-16-11-9-15(21)10-12-16)20(23-19-8-4-5-13-22-19)26-18-7-3-2-6-17(18)24-25-26/h2-14,20H,1H3,(H,22,23)/p+1/t14-,20+/m0/s1. The van der Waals surface area contributed by atoms with Crippen LogP contribution in [-0.4, -0.2) is 20.2 Å². The highest BCUT2D eigenvalue weighted by Crippen LogP contribution is 2.32. The topological polar surface area (TPSA) is 56.9 Å². The fourth-order valence-corrected chi connectivity index (χ4v) is 4.07. The highest BCUT2D eigenvalue weighted by molar-refractivity contribution is 8.00. The van der Waals surface area contributed by atoms with E-state index >= 15 is 0 Å². The second kappa shape index (κ2) is 7.98. The summed E-state index contributed by atoms with van der Waals surface area (Å²) in [5, 5.41) is 13.2. The molecule has 0 bridgehead atoms. The predicted molar refractivity (Wildman–Crippen MR) is 110 cm³/mol. The van der Waals surface area contributed by atoms with Crippen LogP contribution in [0.1, 0.15) is 13.1 Å². The van der Waals surface area contributed by atoms with Crippen LogP contribution in [0.15, 0.2) is 77.8 Å². The van der Waals surface area contributed by atoms with Gasteiger partial charge in [0, 0.05) is 16.0 Å². The molecule has 2 aromatic carbocycles. The first kappa shape index (κ1) is 17.8. The number of anilines is 1. The zero-order valence-corrected chi connectivity index (χ0v) is 16.3. The van der Waals surface area contributed by atoms with Crippen molar-refractivity contribution in [2.75, 3.05) is 5.32 Å². The Morgan fingerprint density at radius 2 is 1.81 bits per heavy atom. The van der Waals surface area contributed by atoms with Crippen molar-refractivity contribution in [2.24, 2.45) is 0 Å². The molecule has 0 fully saturated rings. The van der Waals surface area contributed by atoms with Gasteiger partial charge in [0.05, 0.1) is 17.0 Å². The lowest BCUT2D eigenvalue weighted by atomic mass is 10.3. The van der Waals surface area contributed by atoms with E-state index in [1.54, 1.807) is 11.8 Å². The molecule has 2 heterocycles. The fraction of sp³-hybridized carbons (Fsp3) is 0.150. The molecule has 5 nitrogen and oxygen atoms in total. The van der Waals surface area contributed by atoms with Gasteiger partial charge in [0.25, 0.3) is 5.82 Å². The molecule has 0 aliphatic rings. The molecule has 7 heteroatoms. The first-order valence-electron chi connectivity index (χ1n) is 8.66. The summed E-state index contributed by atoms with van der Waals surface area (Å²) in [6.07, 6.45) is 1.80. The van der Waals surface area contributed by atoms with Crippen LogP contribution in [0.3, 0.4) is 0 Å². The summed E-state index contributed by atoms with van der Waals surface area (Å²) in [6, 6.07) is 21.8. The minimum Gasteiger partial charge on any atom is -0.251 e. The van der Waals surface area contributed by atoms with Gasteiger partial charge in [0.15, 0.2) is 0 Å². The number of rotatable bonds is 6. The van der Waals surface area contributed by atoms with Gasteiger partial charge in [-0.2, -0.15) is 0 Å². The van der Waals surface area contributed by atoms with Crippen LogP contribution in [-0.2, 0) is 0 Å². The van der Waals surface area contributed by atoms with Gasteiger partial charge in [0.2, 0.25) is 6.17 Å². The highest BCUT2D eigenvalue weighted by Gasteiger charge is 2.27. The number of fused-ring (bicyclic) bond motifs is 1. The Kier molecular flexibility index (Phi) is 5.27. The molecular formula is C20H19ClN5S+. The van der Waals surface area contributed by atoms with E-state index in [1.165, 1.54) is 0 Å². The summed E-state index contributed by atoms with van der Waals surface area (Å²) in [4.78, 5) is 4.39. The van der Waals surface area contributed by atoms with Gasteiger partial charge in [-0.25, -0.2) is 9.67 Å². The third kappa shape index (κ3) is 4.07. The van der Waals surface area contributed by atoms with E-state index in [4.69, 9.17) is 11.6 Å². The zero-order valence-electron chi connectivity index (χ0n) is 14.7. The molecular weight excluding hydrogens is 378 g/mol. The number of aromatic amines is 1. The SMILES string of the molecule is C[C@H](Sc1ccc(Cl)cc1)[C@H](Nc1cccc[nH+]1)n1nnc2ccccc21. The average Bonchev–Trinajstić information content (AvgIpc) is 3.12. The minimum absolute atomic E-state index is 0.100. The molecule has 0 spiro atoms. The van der Waals surface area contributed by atoms with Crippen LogP contribution >= 0.6 is 23.4 Å². The van der Waals surface area contributed by atoms with Crippen molar-refractivity contribution in [1.29, 1.82) is 0 Å². The van der Waals surface area contributed by atoms with Gasteiger partial charge in [-0.1, -0.05) is 35.0 Å². The Bertz CT molecular complexity index is 1020. The van der Waals surface area contributed by atoms with Crippen molar-refractivity contribution in [3.05, 3.63) is 77.9 Å². The van der Waals surface area contributed by atoms with Crippen molar-refractivity contribution in [3.8, 4) is 0 Å². The molecule has 0 aliphatic heterocycles. The summed E-state index contributed by atoms with van der Waals surface area (Å²) in [5.41, 5.74) is 1.87. The quantitative estimate of drug-likeness (QED) is 0.480. The molecule has 0 amide bonds. The molecule has 0 aliphatic carbocycles. The number of H-pyrrole nitrogens is 1. The van der Waals surface area contributed by atoms with Gasteiger partial charge >= 0.3 is 0 Å². The number of benzene rings is 2. The van der Waals surface area contributed by atoms with E-state index in [0.29, 0.717) is 0 Å². The Labute approximate surface area is 166 Å². The molecule has 4 rings (SSSR count). The molecule has 0 saturated heterocycles. The number of thioether (sulfide) groups is 1. The monoisotopic (exact) mass is 396 g/mol. The Morgan fingerprint density at radius 3 is 2.59 bits per heavy atom. The maximum absolute atomic E-state index is 6.02. The van der Waals surface area contributed by atoms with Crippen molar-refractivity contribution in [2.45, 2.75) is 23.2 Å². The van der Waals surface area contributed by atoms with Crippen LogP contribution < -0.4 is 10.3 Å². The molecule has 2 aromatic heterocycles. The van der Waals surface area contributed by atoms with E-state index in [1.807, 2.05) is 77.6 Å². The first-order valence-corrected chi connectivity index (χ1v) is 9.92. The fourth-order valence-electron chi connectivity index (χ4n) is 2.90. The number of pyridine rings is 1. The number of para-hydroxylation sites is 1.